The number of methoxy groups -OCH3 is 1. The molecule has 2 amide bonds. The van der Waals surface area contributed by atoms with Gasteiger partial charge in [-0.05, 0) is 13.0 Å². The number of amides is 2. The summed E-state index contributed by atoms with van der Waals surface area (Å²) < 4.78 is 5.19. The Hall–Kier alpha value is -2.04. The van der Waals surface area contributed by atoms with E-state index in [1.165, 1.54) is 11.9 Å². The summed E-state index contributed by atoms with van der Waals surface area (Å²) >= 11 is 0. The topological polar surface area (TPSA) is 72.6 Å². The molecule has 5 nitrogen and oxygen atoms in total. The van der Waals surface area contributed by atoms with Gasteiger partial charge in [0.2, 0.25) is 0 Å². The number of rotatable bonds is 3. The highest BCUT2D eigenvalue weighted by Crippen LogP contribution is 2.20. The van der Waals surface area contributed by atoms with Crippen LogP contribution in [0.4, 0.5) is 0 Å². The monoisotopic (exact) mass is 236 g/mol. The van der Waals surface area contributed by atoms with E-state index in [-0.39, 0.29) is 6.54 Å². The minimum absolute atomic E-state index is 0.284. The number of carbonyl (C=O) groups is 2. The van der Waals surface area contributed by atoms with Gasteiger partial charge in [-0.1, -0.05) is 17.7 Å². The maximum Gasteiger partial charge on any atom is 0.311 e. The molecule has 1 aromatic carbocycles. The molecule has 0 fully saturated rings. The van der Waals surface area contributed by atoms with E-state index < -0.39 is 11.8 Å². The lowest BCUT2D eigenvalue weighted by molar-refractivity contribution is -0.143. The Morgan fingerprint density at radius 3 is 2.59 bits per heavy atom. The summed E-state index contributed by atoms with van der Waals surface area (Å²) in [7, 11) is 3.08. The molecule has 1 rings (SSSR count). The van der Waals surface area contributed by atoms with Crippen molar-refractivity contribution in [1.29, 1.82) is 0 Å². The first-order valence-electron chi connectivity index (χ1n) is 5.14. The van der Waals surface area contributed by atoms with Crippen molar-refractivity contribution in [2.24, 2.45) is 5.73 Å². The Labute approximate surface area is 100 Å². The fourth-order valence-electron chi connectivity index (χ4n) is 1.55. The zero-order valence-electron chi connectivity index (χ0n) is 10.2. The highest BCUT2D eigenvalue weighted by molar-refractivity contribution is 6.34. The Kier molecular flexibility index (Phi) is 4.09. The predicted molar refractivity (Wildman–Crippen MR) is 63.4 cm³/mol. The van der Waals surface area contributed by atoms with Crippen LogP contribution in [0.5, 0.6) is 5.75 Å². The third-order valence-electron chi connectivity index (χ3n) is 2.40. The maximum atomic E-state index is 11.3. The van der Waals surface area contributed by atoms with E-state index in [1.54, 1.807) is 7.11 Å². The van der Waals surface area contributed by atoms with Crippen LogP contribution in [0.3, 0.4) is 0 Å². The molecule has 17 heavy (non-hydrogen) atoms. The second-order valence-electron chi connectivity index (χ2n) is 3.84. The Balaban J connectivity index is 2.90. The van der Waals surface area contributed by atoms with Gasteiger partial charge in [-0.25, -0.2) is 0 Å². The third kappa shape index (κ3) is 3.21. The summed E-state index contributed by atoms with van der Waals surface area (Å²) in [5.41, 5.74) is 6.82. The molecule has 0 aliphatic heterocycles. The van der Waals surface area contributed by atoms with Gasteiger partial charge < -0.3 is 15.4 Å². The van der Waals surface area contributed by atoms with Gasteiger partial charge in [-0.15, -0.1) is 0 Å². The van der Waals surface area contributed by atoms with Gasteiger partial charge in [0.1, 0.15) is 5.75 Å². The molecular weight excluding hydrogens is 220 g/mol. The van der Waals surface area contributed by atoms with Crippen LogP contribution < -0.4 is 10.5 Å². The first-order valence-corrected chi connectivity index (χ1v) is 5.14. The van der Waals surface area contributed by atoms with Crippen molar-refractivity contribution in [2.75, 3.05) is 14.2 Å². The number of carbonyl (C=O) groups excluding carboxylic acids is 2. The molecule has 2 N–H and O–H groups in total. The second kappa shape index (κ2) is 5.34. The van der Waals surface area contributed by atoms with Crippen LogP contribution in [0.2, 0.25) is 0 Å². The van der Waals surface area contributed by atoms with Gasteiger partial charge in [0.25, 0.3) is 0 Å². The molecule has 0 saturated heterocycles. The van der Waals surface area contributed by atoms with Crippen LogP contribution >= 0.6 is 0 Å². The summed E-state index contributed by atoms with van der Waals surface area (Å²) in [6.07, 6.45) is 0. The summed E-state index contributed by atoms with van der Waals surface area (Å²) in [6, 6.07) is 5.65. The van der Waals surface area contributed by atoms with Crippen LogP contribution in [0, 0.1) is 6.92 Å². The summed E-state index contributed by atoms with van der Waals surface area (Å²) in [5, 5.41) is 0. The molecule has 0 unspecified atom stereocenters. The lowest BCUT2D eigenvalue weighted by Gasteiger charge is -2.17. The Morgan fingerprint density at radius 1 is 1.41 bits per heavy atom. The van der Waals surface area contributed by atoms with Gasteiger partial charge in [0.05, 0.1) is 7.11 Å². The quantitative estimate of drug-likeness (QED) is 0.774. The minimum Gasteiger partial charge on any atom is -0.496 e. The second-order valence-corrected chi connectivity index (χ2v) is 3.84. The van der Waals surface area contributed by atoms with Crippen LogP contribution in [0.1, 0.15) is 11.1 Å². The number of ether oxygens (including phenoxy) is 1. The number of nitrogens with two attached hydrogens (primary N) is 1. The van der Waals surface area contributed by atoms with Crippen LogP contribution in [0.25, 0.3) is 0 Å². The fourth-order valence-corrected chi connectivity index (χ4v) is 1.55. The van der Waals surface area contributed by atoms with Crippen molar-refractivity contribution < 1.29 is 14.3 Å². The van der Waals surface area contributed by atoms with Gasteiger partial charge in [-0.3, -0.25) is 9.59 Å². The Bertz CT molecular complexity index is 443. The number of likely N-dealkylation sites (N-methyl/N-ethyl adjacent to an activating group) is 1. The summed E-state index contributed by atoms with van der Waals surface area (Å²) in [4.78, 5) is 23.4. The zero-order valence-corrected chi connectivity index (χ0v) is 10.2. The largest absolute Gasteiger partial charge is 0.496 e. The molecule has 5 heteroatoms. The van der Waals surface area contributed by atoms with Crippen molar-refractivity contribution >= 4 is 11.8 Å². The molecule has 0 aliphatic rings. The van der Waals surface area contributed by atoms with E-state index in [9.17, 15) is 9.59 Å². The van der Waals surface area contributed by atoms with E-state index in [0.717, 1.165) is 11.1 Å². The number of aryl methyl sites for hydroxylation is 1. The molecule has 92 valence electrons. The third-order valence-corrected chi connectivity index (χ3v) is 2.40. The van der Waals surface area contributed by atoms with E-state index in [0.29, 0.717) is 5.75 Å². The molecule has 0 saturated carbocycles. The molecule has 1 aromatic rings. The zero-order chi connectivity index (χ0) is 13.0. The van der Waals surface area contributed by atoms with Crippen molar-refractivity contribution in [3.63, 3.8) is 0 Å². The average Bonchev–Trinajstić information content (AvgIpc) is 2.28. The standard InChI is InChI=1S/C12H16N2O3/c1-8-4-5-10(17-3)9(6-8)7-14(2)12(16)11(13)15/h4-6H,7H2,1-3H3,(H2,13,15). The first kappa shape index (κ1) is 13.0. The lowest BCUT2D eigenvalue weighted by atomic mass is 10.1. The highest BCUT2D eigenvalue weighted by Gasteiger charge is 2.16. The first-order chi connectivity index (χ1) is 7.95. The van der Waals surface area contributed by atoms with E-state index in [1.807, 2.05) is 25.1 Å². The fraction of sp³-hybridized carbons (Fsp3) is 0.333. The molecule has 0 bridgehead atoms. The van der Waals surface area contributed by atoms with Gasteiger partial charge in [0, 0.05) is 19.2 Å². The molecule has 0 spiro atoms. The van der Waals surface area contributed by atoms with Crippen molar-refractivity contribution in [3.8, 4) is 5.75 Å². The number of hydrogen-bond donors (Lipinski definition) is 1. The molecule has 0 radical (unpaired) electrons. The van der Waals surface area contributed by atoms with Crippen molar-refractivity contribution in [1.82, 2.24) is 4.90 Å². The molecule has 0 heterocycles. The van der Waals surface area contributed by atoms with Gasteiger partial charge >= 0.3 is 11.8 Å². The number of nitrogens with zero attached hydrogens (tertiary/aromatic N) is 1. The normalized spacial score (nSPS) is 9.82. The average molecular weight is 236 g/mol. The van der Waals surface area contributed by atoms with Crippen molar-refractivity contribution in [3.05, 3.63) is 29.3 Å². The SMILES string of the molecule is COc1ccc(C)cc1CN(C)C(=O)C(N)=O. The molecule has 0 aliphatic carbocycles. The molecule has 0 aromatic heterocycles. The van der Waals surface area contributed by atoms with Crippen LogP contribution in [-0.2, 0) is 16.1 Å². The van der Waals surface area contributed by atoms with E-state index >= 15 is 0 Å². The van der Waals surface area contributed by atoms with E-state index in [4.69, 9.17) is 10.5 Å². The smallest absolute Gasteiger partial charge is 0.311 e. The summed E-state index contributed by atoms with van der Waals surface area (Å²) in [5.74, 6) is -0.993. The van der Waals surface area contributed by atoms with Crippen molar-refractivity contribution in [2.45, 2.75) is 13.5 Å². The molecular formula is C12H16N2O3. The Morgan fingerprint density at radius 2 is 2.06 bits per heavy atom. The highest BCUT2D eigenvalue weighted by atomic mass is 16.5. The number of hydrogen-bond acceptors (Lipinski definition) is 3. The van der Waals surface area contributed by atoms with E-state index in [2.05, 4.69) is 0 Å². The molecule has 0 atom stereocenters. The number of benzene rings is 1. The van der Waals surface area contributed by atoms with Crippen LogP contribution in [0.15, 0.2) is 18.2 Å². The van der Waals surface area contributed by atoms with Gasteiger partial charge in [0.15, 0.2) is 0 Å². The summed E-state index contributed by atoms with van der Waals surface area (Å²) in [6.45, 7) is 2.23. The predicted octanol–water partition coefficient (Wildman–Crippen LogP) is 0.447. The number of primary amides is 1. The van der Waals surface area contributed by atoms with Gasteiger partial charge in [-0.2, -0.15) is 0 Å². The minimum atomic E-state index is -0.959. The maximum absolute atomic E-state index is 11.3. The lowest BCUT2D eigenvalue weighted by Crippen LogP contribution is -2.37. The van der Waals surface area contributed by atoms with Crippen LogP contribution in [-0.4, -0.2) is 30.9 Å².